The van der Waals surface area contributed by atoms with Gasteiger partial charge in [-0.05, 0) is 54.2 Å². The first-order valence-electron chi connectivity index (χ1n) is 11.6. The molecule has 5 nitrogen and oxygen atoms in total. The number of hydrogen-bond donors (Lipinski definition) is 3. The summed E-state index contributed by atoms with van der Waals surface area (Å²) >= 11 is 6.25. The summed E-state index contributed by atoms with van der Waals surface area (Å²) < 4.78 is 0. The molecular formula is C28H26ClN3O2. The summed E-state index contributed by atoms with van der Waals surface area (Å²) in [6.45, 7) is 0. The summed E-state index contributed by atoms with van der Waals surface area (Å²) in [7, 11) is 0. The number of amides is 2. The number of carbonyl (C=O) groups excluding carboxylic acids is 2. The molecule has 1 aromatic heterocycles. The van der Waals surface area contributed by atoms with E-state index in [-0.39, 0.29) is 17.9 Å². The van der Waals surface area contributed by atoms with Crippen LogP contribution in [0.2, 0.25) is 5.02 Å². The van der Waals surface area contributed by atoms with Crippen molar-refractivity contribution in [3.05, 3.63) is 106 Å². The van der Waals surface area contributed by atoms with E-state index in [1.807, 2.05) is 42.6 Å². The normalized spacial score (nSPS) is 16.0. The number of rotatable bonds is 6. The molecule has 34 heavy (non-hydrogen) atoms. The maximum atomic E-state index is 13.6. The van der Waals surface area contributed by atoms with Gasteiger partial charge in [-0.2, -0.15) is 0 Å². The van der Waals surface area contributed by atoms with E-state index in [1.165, 1.54) is 5.56 Å². The fourth-order valence-electron chi connectivity index (χ4n) is 4.79. The van der Waals surface area contributed by atoms with Gasteiger partial charge in [0.25, 0.3) is 5.91 Å². The van der Waals surface area contributed by atoms with E-state index >= 15 is 0 Å². The minimum atomic E-state index is -0.753. The lowest BCUT2D eigenvalue weighted by atomic mass is 9.87. The van der Waals surface area contributed by atoms with Gasteiger partial charge in [0, 0.05) is 23.5 Å². The molecule has 1 aliphatic rings. The summed E-state index contributed by atoms with van der Waals surface area (Å²) in [6.07, 6.45) is 5.18. The van der Waals surface area contributed by atoms with Gasteiger partial charge < -0.3 is 15.6 Å². The quantitative estimate of drug-likeness (QED) is 0.354. The minimum absolute atomic E-state index is 0.0693. The number of aromatic nitrogens is 1. The number of carbonyl (C=O) groups is 2. The van der Waals surface area contributed by atoms with E-state index in [0.29, 0.717) is 17.0 Å². The van der Waals surface area contributed by atoms with Crippen LogP contribution in [0.1, 0.15) is 45.9 Å². The van der Waals surface area contributed by atoms with Crippen molar-refractivity contribution in [1.82, 2.24) is 15.6 Å². The Morgan fingerprint density at radius 3 is 2.65 bits per heavy atom. The maximum Gasteiger partial charge on any atom is 0.253 e. The first kappa shape index (κ1) is 22.2. The highest BCUT2D eigenvalue weighted by Crippen LogP contribution is 2.29. The summed E-state index contributed by atoms with van der Waals surface area (Å²) in [6, 6.07) is 22.2. The van der Waals surface area contributed by atoms with Crippen molar-refractivity contribution >= 4 is 34.3 Å². The average Bonchev–Trinajstić information content (AvgIpc) is 3.27. The minimum Gasteiger partial charge on any atom is -0.361 e. The Hall–Kier alpha value is -3.57. The number of H-pyrrole nitrogens is 1. The molecule has 172 valence electrons. The molecule has 4 aromatic rings. The van der Waals surface area contributed by atoms with Gasteiger partial charge in [-0.25, -0.2) is 0 Å². The van der Waals surface area contributed by atoms with Crippen molar-refractivity contribution < 1.29 is 9.59 Å². The van der Waals surface area contributed by atoms with Crippen LogP contribution in [0.15, 0.2) is 79.0 Å². The SMILES string of the molecule is O=C(N[C@H](Cc1c[nH]c2ccccc12)C(=O)N[C@@H]1CCCc2ccccc21)c1ccccc1Cl. The molecule has 0 saturated carbocycles. The van der Waals surface area contributed by atoms with E-state index in [2.05, 4.69) is 27.8 Å². The first-order chi connectivity index (χ1) is 16.6. The average molecular weight is 472 g/mol. The molecule has 0 aliphatic heterocycles. The predicted octanol–water partition coefficient (Wildman–Crippen LogP) is 5.36. The van der Waals surface area contributed by atoms with Crippen LogP contribution in [0.5, 0.6) is 0 Å². The van der Waals surface area contributed by atoms with Gasteiger partial charge in [-0.1, -0.05) is 66.2 Å². The Labute approximate surface area is 203 Å². The molecule has 2 atom stereocenters. The fourth-order valence-corrected chi connectivity index (χ4v) is 5.01. The van der Waals surface area contributed by atoms with Crippen LogP contribution in [0.4, 0.5) is 0 Å². The number of hydrogen-bond acceptors (Lipinski definition) is 2. The molecule has 3 N–H and O–H groups in total. The molecule has 6 heteroatoms. The second-order valence-electron chi connectivity index (χ2n) is 8.72. The van der Waals surface area contributed by atoms with Crippen LogP contribution in [0, 0.1) is 0 Å². The summed E-state index contributed by atoms with van der Waals surface area (Å²) in [5, 5.41) is 7.54. The Balaban J connectivity index is 1.42. The van der Waals surface area contributed by atoms with E-state index < -0.39 is 6.04 Å². The van der Waals surface area contributed by atoms with Gasteiger partial charge in [0.2, 0.25) is 5.91 Å². The van der Waals surface area contributed by atoms with Gasteiger partial charge in [0.05, 0.1) is 16.6 Å². The number of aromatic amines is 1. The zero-order valence-electron chi connectivity index (χ0n) is 18.7. The third-order valence-corrected chi connectivity index (χ3v) is 6.85. The molecule has 0 radical (unpaired) electrons. The standard InChI is InChI=1S/C28H26ClN3O2/c29-23-13-5-3-12-22(23)27(33)32-26(16-19-17-30-24-14-6-4-11-21(19)24)28(34)31-25-15-7-9-18-8-1-2-10-20(18)25/h1-6,8,10-14,17,25-26,30H,7,9,15-16H2,(H,31,34)(H,32,33)/t25-,26-/m1/s1. The summed E-state index contributed by atoms with van der Waals surface area (Å²) in [5.74, 6) is -0.568. The number of aryl methyl sites for hydroxylation is 1. The molecule has 3 aromatic carbocycles. The van der Waals surface area contributed by atoms with E-state index in [9.17, 15) is 9.59 Å². The van der Waals surface area contributed by atoms with Crippen LogP contribution < -0.4 is 10.6 Å². The summed E-state index contributed by atoms with van der Waals surface area (Å²) in [5.41, 5.74) is 4.75. The number of nitrogens with one attached hydrogen (secondary N) is 3. The molecule has 0 unspecified atom stereocenters. The highest BCUT2D eigenvalue weighted by atomic mass is 35.5. The Bertz CT molecular complexity index is 1350. The van der Waals surface area contributed by atoms with Crippen LogP contribution in [0.25, 0.3) is 10.9 Å². The zero-order chi connectivity index (χ0) is 23.5. The molecule has 2 amide bonds. The molecule has 0 spiro atoms. The van der Waals surface area contributed by atoms with Crippen molar-refractivity contribution in [3.8, 4) is 0 Å². The van der Waals surface area contributed by atoms with Gasteiger partial charge in [0.15, 0.2) is 0 Å². The van der Waals surface area contributed by atoms with Gasteiger partial charge in [-0.15, -0.1) is 0 Å². The van der Waals surface area contributed by atoms with E-state index in [0.717, 1.165) is 41.3 Å². The molecule has 0 saturated heterocycles. The van der Waals surface area contributed by atoms with Gasteiger partial charge in [-0.3, -0.25) is 9.59 Å². The zero-order valence-corrected chi connectivity index (χ0v) is 19.4. The molecule has 1 aliphatic carbocycles. The van der Waals surface area contributed by atoms with Crippen molar-refractivity contribution in [2.24, 2.45) is 0 Å². The highest BCUT2D eigenvalue weighted by Gasteiger charge is 2.28. The Morgan fingerprint density at radius 1 is 1.00 bits per heavy atom. The van der Waals surface area contributed by atoms with Crippen LogP contribution in [0.3, 0.4) is 0 Å². The number of para-hydroxylation sites is 1. The lowest BCUT2D eigenvalue weighted by Gasteiger charge is -2.28. The van der Waals surface area contributed by atoms with Crippen molar-refractivity contribution in [2.45, 2.75) is 37.8 Å². The van der Waals surface area contributed by atoms with E-state index in [4.69, 9.17) is 11.6 Å². The van der Waals surface area contributed by atoms with Gasteiger partial charge in [0.1, 0.15) is 6.04 Å². The van der Waals surface area contributed by atoms with Crippen molar-refractivity contribution in [1.29, 1.82) is 0 Å². The topological polar surface area (TPSA) is 74.0 Å². The molecule has 1 heterocycles. The number of benzene rings is 3. The van der Waals surface area contributed by atoms with E-state index in [1.54, 1.807) is 24.3 Å². The van der Waals surface area contributed by atoms with Crippen LogP contribution >= 0.6 is 11.6 Å². The lowest BCUT2D eigenvalue weighted by molar-refractivity contribution is -0.123. The first-order valence-corrected chi connectivity index (χ1v) is 12.0. The monoisotopic (exact) mass is 471 g/mol. The van der Waals surface area contributed by atoms with Gasteiger partial charge >= 0.3 is 0 Å². The largest absolute Gasteiger partial charge is 0.361 e. The summed E-state index contributed by atoms with van der Waals surface area (Å²) in [4.78, 5) is 29.9. The third kappa shape index (κ3) is 4.57. The lowest BCUT2D eigenvalue weighted by Crippen LogP contribution is -2.49. The predicted molar refractivity (Wildman–Crippen MR) is 135 cm³/mol. The smallest absolute Gasteiger partial charge is 0.253 e. The molecular weight excluding hydrogens is 446 g/mol. The second-order valence-corrected chi connectivity index (χ2v) is 9.13. The molecule has 5 rings (SSSR count). The molecule has 0 bridgehead atoms. The molecule has 0 fully saturated rings. The van der Waals surface area contributed by atoms with Crippen molar-refractivity contribution in [2.75, 3.05) is 0 Å². The third-order valence-electron chi connectivity index (χ3n) is 6.53. The van der Waals surface area contributed by atoms with Crippen LogP contribution in [-0.4, -0.2) is 22.8 Å². The van der Waals surface area contributed by atoms with Crippen LogP contribution in [-0.2, 0) is 17.6 Å². The second kappa shape index (κ2) is 9.74. The maximum absolute atomic E-state index is 13.6. The number of fused-ring (bicyclic) bond motifs is 2. The Kier molecular flexibility index (Phi) is 6.37. The highest BCUT2D eigenvalue weighted by molar-refractivity contribution is 6.33. The van der Waals surface area contributed by atoms with Crippen molar-refractivity contribution in [3.63, 3.8) is 0 Å². The number of halogens is 1. The Morgan fingerprint density at radius 2 is 1.76 bits per heavy atom. The fraction of sp³-hybridized carbons (Fsp3) is 0.214.